The second-order valence-electron chi connectivity index (χ2n) is 12.8. The standard InChI is InChI=1S/C36H41NO3/c1-35(2,3)39-30-17-19-32-29(24-30)16-18-31(27-10-8-7-9-11-27)33(32)28-14-12-25(13-15-28)26-20-22-37(23-21-26)34(38)40-36(4,5)6/h7-19,24,26H,20-23H2,1-6H3. The van der Waals surface area contributed by atoms with Crippen LogP contribution in [0.3, 0.4) is 0 Å². The van der Waals surface area contributed by atoms with Crippen LogP contribution in [-0.4, -0.2) is 35.3 Å². The highest BCUT2D eigenvalue weighted by Gasteiger charge is 2.27. The molecule has 0 N–H and O–H groups in total. The quantitative estimate of drug-likeness (QED) is 0.261. The van der Waals surface area contributed by atoms with Crippen molar-refractivity contribution in [2.24, 2.45) is 0 Å². The summed E-state index contributed by atoms with van der Waals surface area (Å²) in [6.07, 6.45) is 1.68. The number of carbonyl (C=O) groups is 1. The number of hydrogen-bond donors (Lipinski definition) is 0. The Kier molecular flexibility index (Phi) is 7.63. The van der Waals surface area contributed by atoms with Crippen LogP contribution in [-0.2, 0) is 4.74 Å². The number of fused-ring (bicyclic) bond motifs is 1. The number of hydrogen-bond acceptors (Lipinski definition) is 3. The zero-order valence-corrected chi connectivity index (χ0v) is 24.7. The lowest BCUT2D eigenvalue weighted by Crippen LogP contribution is -2.41. The molecule has 208 valence electrons. The molecule has 0 radical (unpaired) electrons. The van der Waals surface area contributed by atoms with Crippen LogP contribution in [0.1, 0.15) is 65.9 Å². The van der Waals surface area contributed by atoms with Crippen molar-refractivity contribution in [1.29, 1.82) is 0 Å². The summed E-state index contributed by atoms with van der Waals surface area (Å²) in [5.41, 5.74) is 5.46. The van der Waals surface area contributed by atoms with Gasteiger partial charge >= 0.3 is 6.09 Å². The third-order valence-electron chi connectivity index (χ3n) is 7.32. The van der Waals surface area contributed by atoms with Crippen LogP contribution in [0.5, 0.6) is 5.75 Å². The van der Waals surface area contributed by atoms with E-state index in [-0.39, 0.29) is 11.7 Å². The lowest BCUT2D eigenvalue weighted by atomic mass is 9.86. The van der Waals surface area contributed by atoms with Crippen LogP contribution >= 0.6 is 0 Å². The Morgan fingerprint density at radius 2 is 1.43 bits per heavy atom. The largest absolute Gasteiger partial charge is 0.488 e. The minimum absolute atomic E-state index is 0.207. The third kappa shape index (κ3) is 6.50. The van der Waals surface area contributed by atoms with E-state index in [1.807, 2.05) is 25.7 Å². The normalized spacial score (nSPS) is 14.8. The zero-order chi connectivity index (χ0) is 28.5. The van der Waals surface area contributed by atoms with Gasteiger partial charge < -0.3 is 14.4 Å². The van der Waals surface area contributed by atoms with E-state index in [2.05, 4.69) is 106 Å². The van der Waals surface area contributed by atoms with Gasteiger partial charge in [0.25, 0.3) is 0 Å². The molecule has 1 saturated heterocycles. The Morgan fingerprint density at radius 3 is 2.05 bits per heavy atom. The average Bonchev–Trinajstić information content (AvgIpc) is 2.91. The van der Waals surface area contributed by atoms with Crippen molar-refractivity contribution < 1.29 is 14.3 Å². The molecule has 1 heterocycles. The summed E-state index contributed by atoms with van der Waals surface area (Å²) in [6, 6.07) is 30.5. The van der Waals surface area contributed by atoms with Crippen LogP contribution in [0.25, 0.3) is 33.0 Å². The van der Waals surface area contributed by atoms with Gasteiger partial charge in [-0.05, 0) is 111 Å². The maximum atomic E-state index is 12.5. The SMILES string of the molecule is CC(C)(C)OC(=O)N1CCC(c2ccc(-c3c(-c4ccccc4)ccc4cc(OC(C)(C)C)ccc34)cc2)CC1. The van der Waals surface area contributed by atoms with Crippen LogP contribution in [0.15, 0.2) is 84.9 Å². The van der Waals surface area contributed by atoms with Gasteiger partial charge in [-0.3, -0.25) is 0 Å². The molecule has 4 heteroatoms. The monoisotopic (exact) mass is 535 g/mol. The zero-order valence-electron chi connectivity index (χ0n) is 24.7. The molecule has 0 aromatic heterocycles. The number of carbonyl (C=O) groups excluding carboxylic acids is 1. The first-order valence-electron chi connectivity index (χ1n) is 14.4. The van der Waals surface area contributed by atoms with E-state index in [9.17, 15) is 4.79 Å². The molecule has 0 unspecified atom stereocenters. The fourth-order valence-corrected chi connectivity index (χ4v) is 5.54. The van der Waals surface area contributed by atoms with E-state index in [0.717, 1.165) is 37.1 Å². The van der Waals surface area contributed by atoms with Gasteiger partial charge in [-0.2, -0.15) is 0 Å². The number of ether oxygens (including phenoxy) is 2. The molecular formula is C36H41NO3. The highest BCUT2D eigenvalue weighted by Crippen LogP contribution is 2.40. The van der Waals surface area contributed by atoms with E-state index in [1.54, 1.807) is 0 Å². The summed E-state index contributed by atoms with van der Waals surface area (Å²) in [7, 11) is 0. The molecule has 0 bridgehead atoms. The highest BCUT2D eigenvalue weighted by atomic mass is 16.6. The van der Waals surface area contributed by atoms with Crippen molar-refractivity contribution in [2.75, 3.05) is 13.1 Å². The minimum Gasteiger partial charge on any atom is -0.488 e. The lowest BCUT2D eigenvalue weighted by Gasteiger charge is -2.33. The number of amides is 1. The molecule has 1 amide bonds. The summed E-state index contributed by atoms with van der Waals surface area (Å²) in [5, 5.41) is 2.37. The third-order valence-corrected chi connectivity index (χ3v) is 7.32. The molecule has 1 aliphatic rings. The van der Waals surface area contributed by atoms with Crippen LogP contribution < -0.4 is 4.74 Å². The Morgan fingerprint density at radius 1 is 0.750 bits per heavy atom. The van der Waals surface area contributed by atoms with Crippen molar-refractivity contribution in [3.05, 3.63) is 90.5 Å². The van der Waals surface area contributed by atoms with Crippen LogP contribution in [0.4, 0.5) is 4.79 Å². The van der Waals surface area contributed by atoms with E-state index < -0.39 is 5.60 Å². The molecule has 5 rings (SSSR count). The first-order chi connectivity index (χ1) is 19.0. The summed E-state index contributed by atoms with van der Waals surface area (Å²) in [4.78, 5) is 14.3. The Bertz CT molecular complexity index is 1470. The minimum atomic E-state index is -0.467. The van der Waals surface area contributed by atoms with Gasteiger partial charge in [0.05, 0.1) is 0 Å². The molecule has 4 aromatic carbocycles. The summed E-state index contributed by atoms with van der Waals surface area (Å²) in [5.74, 6) is 1.32. The Balaban J connectivity index is 1.44. The summed E-state index contributed by atoms with van der Waals surface area (Å²) in [6.45, 7) is 13.4. The lowest BCUT2D eigenvalue weighted by molar-refractivity contribution is 0.0205. The fraction of sp³-hybridized carbons (Fsp3) is 0.361. The Labute approximate surface area is 238 Å². The van der Waals surface area contributed by atoms with Crippen molar-refractivity contribution in [3.8, 4) is 28.0 Å². The molecule has 1 aliphatic heterocycles. The van der Waals surface area contributed by atoms with Crippen molar-refractivity contribution in [3.63, 3.8) is 0 Å². The average molecular weight is 536 g/mol. The van der Waals surface area contributed by atoms with Gasteiger partial charge in [0.1, 0.15) is 17.0 Å². The van der Waals surface area contributed by atoms with Gasteiger partial charge in [-0.1, -0.05) is 72.8 Å². The molecule has 40 heavy (non-hydrogen) atoms. The van der Waals surface area contributed by atoms with Gasteiger partial charge in [0, 0.05) is 13.1 Å². The molecule has 4 aromatic rings. The summed E-state index contributed by atoms with van der Waals surface area (Å²) >= 11 is 0. The molecule has 4 nitrogen and oxygen atoms in total. The van der Waals surface area contributed by atoms with Crippen LogP contribution in [0.2, 0.25) is 0 Å². The van der Waals surface area contributed by atoms with E-state index in [0.29, 0.717) is 5.92 Å². The van der Waals surface area contributed by atoms with Gasteiger partial charge in [-0.25, -0.2) is 4.79 Å². The second-order valence-corrected chi connectivity index (χ2v) is 12.8. The molecular weight excluding hydrogens is 494 g/mol. The first-order valence-corrected chi connectivity index (χ1v) is 14.4. The summed E-state index contributed by atoms with van der Waals surface area (Å²) < 4.78 is 11.7. The molecule has 0 saturated carbocycles. The van der Waals surface area contributed by atoms with Crippen LogP contribution in [0, 0.1) is 0 Å². The van der Waals surface area contributed by atoms with Gasteiger partial charge in [0.2, 0.25) is 0 Å². The predicted octanol–water partition coefficient (Wildman–Crippen LogP) is 9.47. The topological polar surface area (TPSA) is 38.8 Å². The predicted molar refractivity (Wildman–Crippen MR) is 165 cm³/mol. The number of likely N-dealkylation sites (tertiary alicyclic amines) is 1. The van der Waals surface area contributed by atoms with Gasteiger partial charge in [0.15, 0.2) is 0 Å². The van der Waals surface area contributed by atoms with Crippen molar-refractivity contribution >= 4 is 16.9 Å². The number of nitrogens with zero attached hydrogens (tertiary/aromatic N) is 1. The van der Waals surface area contributed by atoms with Crippen molar-refractivity contribution in [2.45, 2.75) is 71.5 Å². The van der Waals surface area contributed by atoms with Gasteiger partial charge in [-0.15, -0.1) is 0 Å². The van der Waals surface area contributed by atoms with E-state index in [1.165, 1.54) is 33.2 Å². The highest BCUT2D eigenvalue weighted by molar-refractivity contribution is 6.04. The maximum Gasteiger partial charge on any atom is 0.410 e. The smallest absolute Gasteiger partial charge is 0.410 e. The van der Waals surface area contributed by atoms with Crippen molar-refractivity contribution in [1.82, 2.24) is 4.90 Å². The first kappa shape index (κ1) is 27.8. The molecule has 0 spiro atoms. The molecule has 1 fully saturated rings. The molecule has 0 atom stereocenters. The number of rotatable bonds is 4. The number of piperidine rings is 1. The fourth-order valence-electron chi connectivity index (χ4n) is 5.54. The second kappa shape index (κ2) is 11.0. The van der Waals surface area contributed by atoms with E-state index >= 15 is 0 Å². The maximum absolute atomic E-state index is 12.5. The van der Waals surface area contributed by atoms with E-state index in [4.69, 9.17) is 9.47 Å². The Hall–Kier alpha value is -3.79. The molecule has 0 aliphatic carbocycles. The number of benzene rings is 4.